The van der Waals surface area contributed by atoms with Crippen molar-refractivity contribution >= 4 is 21.7 Å². The van der Waals surface area contributed by atoms with Crippen LogP contribution in [-0.2, 0) is 22.9 Å². The summed E-state index contributed by atoms with van der Waals surface area (Å²) in [6.45, 7) is 0. The minimum absolute atomic E-state index is 0.0230. The predicted molar refractivity (Wildman–Crippen MR) is 113 cm³/mol. The molecule has 4 N–H and O–H groups in total. The van der Waals surface area contributed by atoms with Crippen LogP contribution in [0.5, 0.6) is 0 Å². The lowest BCUT2D eigenvalue weighted by molar-refractivity contribution is 0.0965. The molecule has 0 bridgehead atoms. The molecule has 2 aromatic carbocycles. The number of hydrogen-bond donors (Lipinski definition) is 2. The summed E-state index contributed by atoms with van der Waals surface area (Å²) >= 11 is 0. The molecule has 2 aliphatic rings. The first-order valence-corrected chi connectivity index (χ1v) is 11.5. The summed E-state index contributed by atoms with van der Waals surface area (Å²) in [5.74, 6) is -0.406. The van der Waals surface area contributed by atoms with Gasteiger partial charge in [-0.25, -0.2) is 18.2 Å². The zero-order valence-electron chi connectivity index (χ0n) is 16.5. The number of hydrogen-bond acceptors (Lipinski definition) is 5. The molecular weight excluding hydrogens is 416 g/mol. The lowest BCUT2D eigenvalue weighted by Crippen LogP contribution is -2.15. The number of nitrogens with two attached hydrogens (primary N) is 2. The van der Waals surface area contributed by atoms with E-state index in [2.05, 4.69) is 5.10 Å². The first kappa shape index (κ1) is 19.7. The van der Waals surface area contributed by atoms with Gasteiger partial charge in [0.2, 0.25) is 10.0 Å². The van der Waals surface area contributed by atoms with Crippen LogP contribution in [0.1, 0.15) is 44.8 Å². The first-order chi connectivity index (χ1) is 14.7. The van der Waals surface area contributed by atoms with Crippen molar-refractivity contribution < 1.29 is 18.0 Å². The van der Waals surface area contributed by atoms with E-state index < -0.39 is 15.9 Å². The third-order valence-corrected chi connectivity index (χ3v) is 6.80. The number of benzene rings is 2. The Balaban J connectivity index is 1.70. The van der Waals surface area contributed by atoms with Crippen LogP contribution in [-0.4, -0.2) is 29.9 Å². The number of aryl methyl sites for hydroxylation is 1. The highest BCUT2D eigenvalue weighted by Gasteiger charge is 2.32. The summed E-state index contributed by atoms with van der Waals surface area (Å²) in [6, 6.07) is 11.6. The molecule has 1 heterocycles. The van der Waals surface area contributed by atoms with E-state index in [1.54, 1.807) is 16.8 Å². The van der Waals surface area contributed by atoms with E-state index in [1.807, 2.05) is 18.2 Å². The van der Waals surface area contributed by atoms with E-state index in [9.17, 15) is 18.0 Å². The maximum absolute atomic E-state index is 12.6. The molecule has 0 atom stereocenters. The summed E-state index contributed by atoms with van der Waals surface area (Å²) in [5.41, 5.74) is 10.3. The maximum Gasteiger partial charge on any atom is 0.269 e. The van der Waals surface area contributed by atoms with Crippen LogP contribution in [0, 0.1) is 5.92 Å². The molecule has 9 heteroatoms. The van der Waals surface area contributed by atoms with Gasteiger partial charge in [-0.1, -0.05) is 12.1 Å². The number of primary sulfonamides is 1. The molecule has 1 saturated carbocycles. The number of ketones is 1. The number of nitrogens with zero attached hydrogens (tertiary/aromatic N) is 2. The zero-order valence-corrected chi connectivity index (χ0v) is 17.4. The Hall–Kier alpha value is -3.30. The SMILES string of the molecule is NC(=O)c1nn(-c2ccc(S(N)(=O)=O)cc2)c2c1CCc1ccc(C(=O)C3CC3)cc1-2. The van der Waals surface area contributed by atoms with Crippen molar-refractivity contribution in [1.82, 2.24) is 9.78 Å². The van der Waals surface area contributed by atoms with Crippen molar-refractivity contribution in [3.8, 4) is 16.9 Å². The monoisotopic (exact) mass is 436 g/mol. The molecule has 0 aliphatic heterocycles. The second-order valence-corrected chi connectivity index (χ2v) is 9.56. The fourth-order valence-electron chi connectivity index (χ4n) is 4.13. The second kappa shape index (κ2) is 6.86. The molecule has 0 spiro atoms. The van der Waals surface area contributed by atoms with Crippen molar-refractivity contribution in [2.75, 3.05) is 0 Å². The van der Waals surface area contributed by atoms with Gasteiger partial charge in [-0.15, -0.1) is 0 Å². The van der Waals surface area contributed by atoms with Gasteiger partial charge in [0.05, 0.1) is 16.3 Å². The maximum atomic E-state index is 12.6. The van der Waals surface area contributed by atoms with Gasteiger partial charge in [0.15, 0.2) is 11.5 Å². The summed E-state index contributed by atoms with van der Waals surface area (Å²) in [7, 11) is -3.83. The third-order valence-electron chi connectivity index (χ3n) is 5.87. The molecule has 2 aliphatic carbocycles. The highest BCUT2D eigenvalue weighted by molar-refractivity contribution is 7.89. The second-order valence-electron chi connectivity index (χ2n) is 8.00. The zero-order chi connectivity index (χ0) is 21.9. The number of amides is 1. The number of sulfonamides is 1. The Morgan fingerprint density at radius 2 is 1.74 bits per heavy atom. The minimum Gasteiger partial charge on any atom is -0.364 e. The third kappa shape index (κ3) is 3.35. The highest BCUT2D eigenvalue weighted by Crippen LogP contribution is 2.39. The Kier molecular flexibility index (Phi) is 4.35. The van der Waals surface area contributed by atoms with Gasteiger partial charge in [0, 0.05) is 22.6 Å². The summed E-state index contributed by atoms with van der Waals surface area (Å²) < 4.78 is 24.8. The molecule has 0 saturated heterocycles. The molecular formula is C22H20N4O4S. The van der Waals surface area contributed by atoms with Gasteiger partial charge in [0.25, 0.3) is 5.91 Å². The first-order valence-electron chi connectivity index (χ1n) is 9.96. The summed E-state index contributed by atoms with van der Waals surface area (Å²) in [4.78, 5) is 24.7. The molecule has 0 radical (unpaired) electrons. The number of Topliss-reactive ketones (excluding diaryl/α,β-unsaturated/α-hetero) is 1. The number of carbonyl (C=O) groups excluding carboxylic acids is 2. The van der Waals surface area contributed by atoms with Crippen LogP contribution in [0.2, 0.25) is 0 Å². The molecule has 8 nitrogen and oxygen atoms in total. The van der Waals surface area contributed by atoms with Gasteiger partial charge < -0.3 is 5.73 Å². The number of fused-ring (bicyclic) bond motifs is 3. The van der Waals surface area contributed by atoms with Crippen molar-refractivity contribution in [2.45, 2.75) is 30.6 Å². The van der Waals surface area contributed by atoms with Crippen molar-refractivity contribution in [3.63, 3.8) is 0 Å². The van der Waals surface area contributed by atoms with Gasteiger partial charge in [-0.2, -0.15) is 5.10 Å². The van der Waals surface area contributed by atoms with Gasteiger partial charge in [-0.05, 0) is 61.6 Å². The molecule has 5 rings (SSSR count). The lowest BCUT2D eigenvalue weighted by atomic mass is 9.86. The molecule has 158 valence electrons. The minimum atomic E-state index is -3.83. The Morgan fingerprint density at radius 3 is 2.35 bits per heavy atom. The number of primary amides is 1. The van der Waals surface area contributed by atoms with Gasteiger partial charge >= 0.3 is 0 Å². The lowest BCUT2D eigenvalue weighted by Gasteiger charge is -2.20. The van der Waals surface area contributed by atoms with E-state index in [0.29, 0.717) is 29.8 Å². The van der Waals surface area contributed by atoms with Gasteiger partial charge in [-0.3, -0.25) is 9.59 Å². The molecule has 3 aromatic rings. The smallest absolute Gasteiger partial charge is 0.269 e. The molecule has 31 heavy (non-hydrogen) atoms. The van der Waals surface area contributed by atoms with Crippen molar-refractivity contribution in [2.24, 2.45) is 16.8 Å². The molecule has 1 fully saturated rings. The Bertz CT molecular complexity index is 1350. The highest BCUT2D eigenvalue weighted by atomic mass is 32.2. The van der Waals surface area contributed by atoms with E-state index in [1.165, 1.54) is 12.1 Å². The van der Waals surface area contributed by atoms with Crippen molar-refractivity contribution in [1.29, 1.82) is 0 Å². The van der Waals surface area contributed by atoms with Crippen LogP contribution in [0.3, 0.4) is 0 Å². The van der Waals surface area contributed by atoms with Gasteiger partial charge in [0.1, 0.15) is 0 Å². The van der Waals surface area contributed by atoms with E-state index in [-0.39, 0.29) is 22.3 Å². The van der Waals surface area contributed by atoms with Crippen LogP contribution in [0.4, 0.5) is 0 Å². The van der Waals surface area contributed by atoms with Crippen LogP contribution < -0.4 is 10.9 Å². The molecule has 1 amide bonds. The van der Waals surface area contributed by atoms with E-state index in [4.69, 9.17) is 10.9 Å². The standard InChI is InChI=1S/C22H20N4O4S/c23-22(28)19-17-10-5-12-1-4-14(21(27)13-2-3-13)11-18(12)20(17)26(25-19)15-6-8-16(9-7-15)31(24,29)30/h1,4,6-9,11,13H,2-3,5,10H2,(H2,23,28)(H2,24,29,30). The van der Waals surface area contributed by atoms with E-state index in [0.717, 1.165) is 29.5 Å². The summed E-state index contributed by atoms with van der Waals surface area (Å²) in [6.07, 6.45) is 3.13. The Morgan fingerprint density at radius 1 is 1.03 bits per heavy atom. The van der Waals surface area contributed by atoms with E-state index >= 15 is 0 Å². The number of rotatable bonds is 5. The fourth-order valence-corrected chi connectivity index (χ4v) is 4.65. The summed E-state index contributed by atoms with van der Waals surface area (Å²) in [5, 5.41) is 9.65. The number of carbonyl (C=O) groups is 2. The number of aromatic nitrogens is 2. The quantitative estimate of drug-likeness (QED) is 0.589. The topological polar surface area (TPSA) is 138 Å². The average molecular weight is 436 g/mol. The normalized spacial score (nSPS) is 15.3. The van der Waals surface area contributed by atoms with Crippen LogP contribution in [0.25, 0.3) is 16.9 Å². The van der Waals surface area contributed by atoms with Crippen molar-refractivity contribution in [3.05, 3.63) is 64.8 Å². The average Bonchev–Trinajstić information content (AvgIpc) is 3.51. The molecule has 0 unspecified atom stereocenters. The largest absolute Gasteiger partial charge is 0.364 e. The van der Waals surface area contributed by atoms with Crippen LogP contribution in [0.15, 0.2) is 47.4 Å². The van der Waals surface area contributed by atoms with Crippen LogP contribution >= 0.6 is 0 Å². The Labute approximate surface area is 178 Å². The predicted octanol–water partition coefficient (Wildman–Crippen LogP) is 1.98. The molecule has 1 aromatic heterocycles. The fraction of sp³-hybridized carbons (Fsp3) is 0.227.